The lowest BCUT2D eigenvalue weighted by atomic mass is 10.1. The van der Waals surface area contributed by atoms with Gasteiger partial charge in [0.2, 0.25) is 5.91 Å². The normalized spacial score (nSPS) is 23.4. The second kappa shape index (κ2) is 7.63. The van der Waals surface area contributed by atoms with Gasteiger partial charge in [-0.1, -0.05) is 13.3 Å². The van der Waals surface area contributed by atoms with E-state index in [0.29, 0.717) is 19.8 Å². The summed E-state index contributed by atoms with van der Waals surface area (Å²) in [6, 6.07) is -0.261. The van der Waals surface area contributed by atoms with E-state index in [1.54, 1.807) is 0 Å². The largest absolute Gasteiger partial charge is 0.395 e. The van der Waals surface area contributed by atoms with Crippen molar-refractivity contribution in [3.63, 3.8) is 0 Å². The lowest BCUT2D eigenvalue weighted by Crippen LogP contribution is -2.56. The molecule has 0 aromatic rings. The number of ether oxygens (including phenoxy) is 1. The van der Waals surface area contributed by atoms with Gasteiger partial charge in [0.05, 0.1) is 31.9 Å². The smallest absolute Gasteiger partial charge is 0.237 e. The molecule has 0 aliphatic carbocycles. The van der Waals surface area contributed by atoms with Crippen molar-refractivity contribution < 1.29 is 14.6 Å². The molecule has 1 aliphatic rings. The van der Waals surface area contributed by atoms with E-state index in [9.17, 15) is 9.90 Å². The van der Waals surface area contributed by atoms with Crippen LogP contribution in [0, 0.1) is 0 Å². The Kier molecular flexibility index (Phi) is 6.47. The SMILES string of the molecule is CCCCNC(=O)C(C)N1CCOCC1CO. The van der Waals surface area contributed by atoms with Gasteiger partial charge in [-0.05, 0) is 13.3 Å². The van der Waals surface area contributed by atoms with Gasteiger partial charge in [0, 0.05) is 13.1 Å². The number of rotatable bonds is 6. The molecule has 2 unspecified atom stereocenters. The van der Waals surface area contributed by atoms with Gasteiger partial charge in [0.25, 0.3) is 0 Å². The fourth-order valence-electron chi connectivity index (χ4n) is 2.02. The molecule has 1 rings (SSSR count). The maximum atomic E-state index is 11.9. The number of nitrogens with one attached hydrogen (secondary N) is 1. The quantitative estimate of drug-likeness (QED) is 0.645. The Balaban J connectivity index is 2.42. The predicted octanol–water partition coefficient (Wildman–Crippen LogP) is -0.0157. The molecule has 0 radical (unpaired) electrons. The molecule has 0 aromatic carbocycles. The third kappa shape index (κ3) is 4.26. The minimum atomic E-state index is -0.201. The average molecular weight is 244 g/mol. The fourth-order valence-corrected chi connectivity index (χ4v) is 2.02. The van der Waals surface area contributed by atoms with Crippen LogP contribution in [0.4, 0.5) is 0 Å². The van der Waals surface area contributed by atoms with Gasteiger partial charge >= 0.3 is 0 Å². The van der Waals surface area contributed by atoms with Crippen molar-refractivity contribution in [3.8, 4) is 0 Å². The van der Waals surface area contributed by atoms with Crippen LogP contribution in [0.1, 0.15) is 26.7 Å². The molecule has 1 fully saturated rings. The maximum Gasteiger partial charge on any atom is 0.237 e. The van der Waals surface area contributed by atoms with Crippen molar-refractivity contribution in [1.82, 2.24) is 10.2 Å². The number of amides is 1. The van der Waals surface area contributed by atoms with Crippen molar-refractivity contribution in [2.45, 2.75) is 38.8 Å². The number of carbonyl (C=O) groups is 1. The first-order valence-corrected chi connectivity index (χ1v) is 6.42. The van der Waals surface area contributed by atoms with E-state index >= 15 is 0 Å². The zero-order valence-corrected chi connectivity index (χ0v) is 10.8. The zero-order valence-electron chi connectivity index (χ0n) is 10.8. The van der Waals surface area contributed by atoms with E-state index in [-0.39, 0.29) is 24.6 Å². The number of nitrogens with zero attached hydrogens (tertiary/aromatic N) is 1. The van der Waals surface area contributed by atoms with Crippen molar-refractivity contribution in [2.75, 3.05) is 32.9 Å². The van der Waals surface area contributed by atoms with Gasteiger partial charge in [-0.2, -0.15) is 0 Å². The topological polar surface area (TPSA) is 61.8 Å². The molecule has 5 nitrogen and oxygen atoms in total. The van der Waals surface area contributed by atoms with Crippen LogP contribution in [0.3, 0.4) is 0 Å². The first-order valence-electron chi connectivity index (χ1n) is 6.42. The van der Waals surface area contributed by atoms with Crippen LogP contribution in [0.5, 0.6) is 0 Å². The number of aliphatic hydroxyl groups is 1. The summed E-state index contributed by atoms with van der Waals surface area (Å²) < 4.78 is 5.30. The summed E-state index contributed by atoms with van der Waals surface area (Å²) in [7, 11) is 0. The van der Waals surface area contributed by atoms with Crippen LogP contribution < -0.4 is 5.32 Å². The predicted molar refractivity (Wildman–Crippen MR) is 65.8 cm³/mol. The highest BCUT2D eigenvalue weighted by atomic mass is 16.5. The van der Waals surface area contributed by atoms with E-state index in [2.05, 4.69) is 12.2 Å². The Morgan fingerprint density at radius 2 is 2.41 bits per heavy atom. The molecule has 17 heavy (non-hydrogen) atoms. The van der Waals surface area contributed by atoms with E-state index < -0.39 is 0 Å². The van der Waals surface area contributed by atoms with E-state index in [4.69, 9.17) is 4.74 Å². The van der Waals surface area contributed by atoms with E-state index in [1.807, 2.05) is 11.8 Å². The van der Waals surface area contributed by atoms with Gasteiger partial charge in [0.1, 0.15) is 0 Å². The molecule has 100 valence electrons. The summed E-state index contributed by atoms with van der Waals surface area (Å²) >= 11 is 0. The second-order valence-corrected chi connectivity index (χ2v) is 4.47. The molecule has 1 heterocycles. The summed E-state index contributed by atoms with van der Waals surface area (Å²) in [6.45, 7) is 6.58. The number of unbranched alkanes of at least 4 members (excludes halogenated alkanes) is 1. The number of carbonyl (C=O) groups excluding carboxylic acids is 1. The lowest BCUT2D eigenvalue weighted by molar-refractivity contribution is -0.130. The Labute approximate surface area is 103 Å². The molecule has 1 aliphatic heterocycles. The number of morpholine rings is 1. The molecular formula is C12H24N2O3. The van der Waals surface area contributed by atoms with Crippen LogP contribution in [0.15, 0.2) is 0 Å². The molecule has 0 bridgehead atoms. The van der Waals surface area contributed by atoms with Gasteiger partial charge in [-0.15, -0.1) is 0 Å². The van der Waals surface area contributed by atoms with E-state index in [1.165, 1.54) is 0 Å². The average Bonchev–Trinajstić information content (AvgIpc) is 2.38. The standard InChI is InChI=1S/C12H24N2O3/c1-3-4-5-13-12(16)10(2)14-6-7-17-9-11(14)8-15/h10-11,15H,3-9H2,1-2H3,(H,13,16). The highest BCUT2D eigenvalue weighted by molar-refractivity contribution is 5.81. The lowest BCUT2D eigenvalue weighted by Gasteiger charge is -2.37. The Hall–Kier alpha value is -0.650. The summed E-state index contributed by atoms with van der Waals surface area (Å²) in [4.78, 5) is 13.9. The van der Waals surface area contributed by atoms with Gasteiger partial charge < -0.3 is 15.2 Å². The first kappa shape index (κ1) is 14.4. The van der Waals surface area contributed by atoms with Crippen LogP contribution in [0.25, 0.3) is 0 Å². The van der Waals surface area contributed by atoms with E-state index in [0.717, 1.165) is 19.4 Å². The molecule has 5 heteroatoms. The fraction of sp³-hybridized carbons (Fsp3) is 0.917. The Morgan fingerprint density at radius 1 is 1.65 bits per heavy atom. The molecule has 1 amide bonds. The van der Waals surface area contributed by atoms with Crippen LogP contribution in [-0.2, 0) is 9.53 Å². The number of hydrogen-bond acceptors (Lipinski definition) is 4. The van der Waals surface area contributed by atoms with Gasteiger partial charge in [-0.3, -0.25) is 9.69 Å². The van der Waals surface area contributed by atoms with Crippen molar-refractivity contribution in [3.05, 3.63) is 0 Å². The second-order valence-electron chi connectivity index (χ2n) is 4.47. The molecule has 0 saturated carbocycles. The Morgan fingerprint density at radius 3 is 3.06 bits per heavy atom. The minimum Gasteiger partial charge on any atom is -0.395 e. The minimum absolute atomic E-state index is 0.0343. The number of aliphatic hydroxyl groups excluding tert-OH is 1. The molecule has 2 atom stereocenters. The van der Waals surface area contributed by atoms with Crippen LogP contribution in [-0.4, -0.2) is 60.9 Å². The summed E-state index contributed by atoms with van der Waals surface area (Å²) in [5.74, 6) is 0.0406. The van der Waals surface area contributed by atoms with Crippen LogP contribution in [0.2, 0.25) is 0 Å². The summed E-state index contributed by atoms with van der Waals surface area (Å²) in [6.07, 6.45) is 2.08. The highest BCUT2D eigenvalue weighted by Gasteiger charge is 2.30. The highest BCUT2D eigenvalue weighted by Crippen LogP contribution is 2.11. The summed E-state index contributed by atoms with van der Waals surface area (Å²) in [5, 5.41) is 12.2. The Bertz CT molecular complexity index is 236. The van der Waals surface area contributed by atoms with Gasteiger partial charge in [0.15, 0.2) is 0 Å². The first-order chi connectivity index (χ1) is 8.20. The maximum absolute atomic E-state index is 11.9. The molecular weight excluding hydrogens is 220 g/mol. The van der Waals surface area contributed by atoms with Crippen LogP contribution >= 0.6 is 0 Å². The summed E-state index contributed by atoms with van der Waals surface area (Å²) in [5.41, 5.74) is 0. The molecule has 0 aromatic heterocycles. The zero-order chi connectivity index (χ0) is 12.7. The molecule has 0 spiro atoms. The van der Waals surface area contributed by atoms with Crippen molar-refractivity contribution in [1.29, 1.82) is 0 Å². The third-order valence-corrected chi connectivity index (χ3v) is 3.19. The molecule has 1 saturated heterocycles. The van der Waals surface area contributed by atoms with Gasteiger partial charge in [-0.25, -0.2) is 0 Å². The van der Waals surface area contributed by atoms with Crippen molar-refractivity contribution >= 4 is 5.91 Å². The molecule has 2 N–H and O–H groups in total. The number of hydrogen-bond donors (Lipinski definition) is 2. The monoisotopic (exact) mass is 244 g/mol. The van der Waals surface area contributed by atoms with Crippen molar-refractivity contribution in [2.24, 2.45) is 0 Å². The third-order valence-electron chi connectivity index (χ3n) is 3.19.